The lowest BCUT2D eigenvalue weighted by Crippen LogP contribution is -2.30. The minimum absolute atomic E-state index is 0.0268. The molecule has 1 aliphatic rings. The van der Waals surface area contributed by atoms with E-state index in [9.17, 15) is 16.8 Å². The lowest BCUT2D eigenvalue weighted by Gasteiger charge is -2.14. The van der Waals surface area contributed by atoms with Gasteiger partial charge in [0.15, 0.2) is 9.84 Å². The molecule has 0 fully saturated rings. The molecule has 3 rings (SSSR count). The van der Waals surface area contributed by atoms with Crippen LogP contribution in [0.15, 0.2) is 52.3 Å². The molecule has 1 N–H and O–H groups in total. The topological polar surface area (TPSA) is 104 Å². The second-order valence-electron chi connectivity index (χ2n) is 5.22. The first-order valence-corrected chi connectivity index (χ1v) is 10.3. The average molecular weight is 383 g/mol. The van der Waals surface area contributed by atoms with E-state index in [2.05, 4.69) is 4.72 Å². The Bertz CT molecular complexity index is 1070. The molecule has 1 aliphatic heterocycles. The first kappa shape index (κ1) is 16.9. The zero-order valence-corrected chi connectivity index (χ0v) is 14.5. The van der Waals surface area contributed by atoms with E-state index in [0.717, 1.165) is 0 Å². The van der Waals surface area contributed by atoms with Gasteiger partial charge in [0.25, 0.3) is 0 Å². The zero-order chi connectivity index (χ0) is 17.5. The van der Waals surface area contributed by atoms with Crippen molar-refractivity contribution in [2.45, 2.75) is 15.8 Å². The smallest absolute Gasteiger partial charge is 0.224 e. The monoisotopic (exact) mass is 382 g/mol. The maximum atomic E-state index is 12.6. The first-order chi connectivity index (χ1) is 11.3. The molecule has 6 nitrogen and oxygen atoms in total. The van der Waals surface area contributed by atoms with E-state index < -0.39 is 25.9 Å². The number of nitrogens with one attached hydrogen (secondary N) is 1. The van der Waals surface area contributed by atoms with Gasteiger partial charge in [-0.05, 0) is 23.8 Å². The third-order valence-corrected chi connectivity index (χ3v) is 7.53. The molecule has 1 atom stereocenters. The Kier molecular flexibility index (Phi) is 4.13. The zero-order valence-electron chi connectivity index (χ0n) is 12.1. The number of benzene rings is 2. The van der Waals surface area contributed by atoms with Gasteiger partial charge in [0.1, 0.15) is 11.0 Å². The minimum Gasteiger partial charge on any atom is -0.224 e. The molecule has 0 saturated heterocycles. The minimum atomic E-state index is -4.10. The maximum Gasteiger partial charge on any atom is 0.242 e. The molecular weight excluding hydrogens is 372 g/mol. The van der Waals surface area contributed by atoms with Gasteiger partial charge in [-0.25, -0.2) is 21.6 Å². The Hall–Kier alpha value is -1.92. The van der Waals surface area contributed by atoms with Crippen molar-refractivity contribution in [2.75, 3.05) is 5.75 Å². The van der Waals surface area contributed by atoms with E-state index in [1.54, 1.807) is 18.2 Å². The molecule has 9 heteroatoms. The van der Waals surface area contributed by atoms with Crippen molar-refractivity contribution in [2.24, 2.45) is 0 Å². The molecule has 2 aromatic rings. The van der Waals surface area contributed by atoms with Crippen LogP contribution in [-0.2, 0) is 19.9 Å². The molecule has 1 heterocycles. The van der Waals surface area contributed by atoms with E-state index in [4.69, 9.17) is 16.9 Å². The predicted molar refractivity (Wildman–Crippen MR) is 87.7 cm³/mol. The van der Waals surface area contributed by atoms with Crippen LogP contribution in [0.3, 0.4) is 0 Å². The van der Waals surface area contributed by atoms with E-state index in [1.165, 1.54) is 24.3 Å². The second kappa shape index (κ2) is 5.86. The highest BCUT2D eigenvalue weighted by Gasteiger charge is 2.37. The largest absolute Gasteiger partial charge is 0.242 e. The fraction of sp³-hybridized carbons (Fsp3) is 0.133. The fourth-order valence-corrected chi connectivity index (χ4v) is 6.23. The van der Waals surface area contributed by atoms with Crippen molar-refractivity contribution in [3.05, 3.63) is 58.6 Å². The Morgan fingerprint density at radius 1 is 1.17 bits per heavy atom. The van der Waals surface area contributed by atoms with Gasteiger partial charge in [-0.1, -0.05) is 35.9 Å². The summed E-state index contributed by atoms with van der Waals surface area (Å²) >= 11 is 5.98. The molecule has 0 spiro atoms. The van der Waals surface area contributed by atoms with Crippen molar-refractivity contribution >= 4 is 31.5 Å². The number of nitrogens with zero attached hydrogens (tertiary/aromatic N) is 1. The van der Waals surface area contributed by atoms with Crippen LogP contribution in [0.4, 0.5) is 0 Å². The molecule has 24 heavy (non-hydrogen) atoms. The van der Waals surface area contributed by atoms with E-state index in [0.29, 0.717) is 5.56 Å². The molecule has 1 unspecified atom stereocenters. The van der Waals surface area contributed by atoms with Crippen LogP contribution in [0.5, 0.6) is 0 Å². The maximum absolute atomic E-state index is 12.6. The normalized spacial score (nSPS) is 18.8. The Balaban J connectivity index is 2.03. The summed E-state index contributed by atoms with van der Waals surface area (Å²) in [6.45, 7) is 0. The summed E-state index contributed by atoms with van der Waals surface area (Å²) < 4.78 is 51.9. The van der Waals surface area contributed by atoms with Crippen LogP contribution in [0.1, 0.15) is 17.2 Å². The van der Waals surface area contributed by atoms with E-state index >= 15 is 0 Å². The van der Waals surface area contributed by atoms with Gasteiger partial charge in [0.2, 0.25) is 10.0 Å². The van der Waals surface area contributed by atoms with Crippen molar-refractivity contribution in [3.8, 4) is 6.07 Å². The molecule has 0 aliphatic carbocycles. The third kappa shape index (κ3) is 2.80. The van der Waals surface area contributed by atoms with Crippen molar-refractivity contribution in [1.29, 1.82) is 5.26 Å². The lowest BCUT2D eigenvalue weighted by molar-refractivity contribution is 0.566. The van der Waals surface area contributed by atoms with Crippen LogP contribution in [0, 0.1) is 11.3 Å². The SMILES string of the molecule is N#Cc1cccc(S(=O)(=O)NC2CS(=O)(=O)c3ccccc32)c1Cl. The average Bonchev–Trinajstić information content (AvgIpc) is 2.78. The molecule has 0 amide bonds. The van der Waals surface area contributed by atoms with Crippen LogP contribution >= 0.6 is 11.6 Å². The lowest BCUT2D eigenvalue weighted by atomic mass is 10.1. The summed E-state index contributed by atoms with van der Waals surface area (Å²) in [5.74, 6) is -0.360. The standard InChI is InChI=1S/C15H11ClN2O4S2/c16-15-10(8-17)4-3-7-14(15)24(21,22)18-12-9-23(19,20)13-6-2-1-5-11(12)13/h1-7,12,18H,9H2. The van der Waals surface area contributed by atoms with Crippen molar-refractivity contribution in [3.63, 3.8) is 0 Å². The number of hydrogen-bond acceptors (Lipinski definition) is 5. The number of hydrogen-bond donors (Lipinski definition) is 1. The number of sulfone groups is 1. The van der Waals surface area contributed by atoms with Gasteiger partial charge >= 0.3 is 0 Å². The first-order valence-electron chi connectivity index (χ1n) is 6.79. The molecular formula is C15H11ClN2O4S2. The molecule has 0 saturated carbocycles. The number of rotatable bonds is 3. The van der Waals surface area contributed by atoms with Gasteiger partial charge in [-0.3, -0.25) is 0 Å². The van der Waals surface area contributed by atoms with Crippen LogP contribution in [0.2, 0.25) is 5.02 Å². The van der Waals surface area contributed by atoms with E-state index in [-0.39, 0.29) is 26.1 Å². The van der Waals surface area contributed by atoms with Crippen molar-refractivity contribution in [1.82, 2.24) is 4.72 Å². The van der Waals surface area contributed by atoms with Gasteiger partial charge in [0.05, 0.1) is 27.3 Å². The van der Waals surface area contributed by atoms with E-state index in [1.807, 2.05) is 6.07 Å². The highest BCUT2D eigenvalue weighted by molar-refractivity contribution is 7.92. The summed E-state index contributed by atoms with van der Waals surface area (Å²) in [4.78, 5) is -0.139. The number of halogens is 1. The van der Waals surface area contributed by atoms with Crippen LogP contribution in [0.25, 0.3) is 0 Å². The molecule has 0 radical (unpaired) electrons. The summed E-state index contributed by atoms with van der Waals surface area (Å²) in [6.07, 6.45) is 0. The van der Waals surface area contributed by atoms with Gasteiger partial charge in [-0.15, -0.1) is 0 Å². The number of fused-ring (bicyclic) bond motifs is 1. The van der Waals surface area contributed by atoms with Gasteiger partial charge in [-0.2, -0.15) is 5.26 Å². The van der Waals surface area contributed by atoms with Gasteiger partial charge < -0.3 is 0 Å². The summed E-state index contributed by atoms with van der Waals surface area (Å²) in [6, 6.07) is 11.2. The quantitative estimate of drug-likeness (QED) is 0.874. The van der Waals surface area contributed by atoms with Crippen molar-refractivity contribution < 1.29 is 16.8 Å². The predicted octanol–water partition coefficient (Wildman–Crippen LogP) is 2.02. The highest BCUT2D eigenvalue weighted by atomic mass is 35.5. The van der Waals surface area contributed by atoms with Gasteiger partial charge in [0, 0.05) is 0 Å². The molecule has 0 bridgehead atoms. The highest BCUT2D eigenvalue weighted by Crippen LogP contribution is 2.35. The summed E-state index contributed by atoms with van der Waals surface area (Å²) in [5.41, 5.74) is 0.424. The third-order valence-electron chi connectivity index (χ3n) is 3.69. The fourth-order valence-electron chi connectivity index (χ4n) is 2.60. The molecule has 0 aromatic heterocycles. The van der Waals surface area contributed by atoms with Crippen LogP contribution < -0.4 is 4.72 Å². The summed E-state index contributed by atoms with van der Waals surface area (Å²) in [5, 5.41) is 8.77. The van der Waals surface area contributed by atoms with Crippen LogP contribution in [-0.4, -0.2) is 22.6 Å². The molecule has 2 aromatic carbocycles. The Morgan fingerprint density at radius 2 is 1.88 bits per heavy atom. The second-order valence-corrected chi connectivity index (χ2v) is 9.29. The Labute approximate surface area is 144 Å². The Morgan fingerprint density at radius 3 is 2.58 bits per heavy atom. The summed E-state index contributed by atoms with van der Waals surface area (Å²) in [7, 11) is -7.64. The number of nitriles is 1. The molecule has 124 valence electrons. The number of sulfonamides is 1.